The number of nitrogens with zero attached hydrogens (tertiary/aromatic N) is 2. The van der Waals surface area contributed by atoms with Gasteiger partial charge >= 0.3 is 5.97 Å². The van der Waals surface area contributed by atoms with Gasteiger partial charge in [0.15, 0.2) is 0 Å². The summed E-state index contributed by atoms with van der Waals surface area (Å²) in [5.41, 5.74) is 1.90. The van der Waals surface area contributed by atoms with E-state index in [4.69, 9.17) is 4.74 Å². The summed E-state index contributed by atoms with van der Waals surface area (Å²) in [6.45, 7) is 5.01. The number of hydrogen-bond acceptors (Lipinski definition) is 5. The highest BCUT2D eigenvalue weighted by Crippen LogP contribution is 2.26. The first-order chi connectivity index (χ1) is 10.7. The molecule has 0 amide bonds. The number of sulfonamides is 1. The summed E-state index contributed by atoms with van der Waals surface area (Å²) in [5, 5.41) is 4.12. The maximum absolute atomic E-state index is 12.7. The minimum atomic E-state index is -3.88. The number of carbonyl (C=O) groups excluding carboxylic acids is 1. The molecular weight excluding hydrogens is 318 g/mol. The monoisotopic (exact) mass is 337 g/mol. The van der Waals surface area contributed by atoms with Gasteiger partial charge in [-0.2, -0.15) is 5.10 Å². The van der Waals surface area contributed by atoms with Crippen molar-refractivity contribution in [2.24, 2.45) is 7.05 Å². The van der Waals surface area contributed by atoms with E-state index >= 15 is 0 Å². The molecule has 0 radical (unpaired) electrons. The average Bonchev–Trinajstić information content (AvgIpc) is 2.71. The molecule has 0 unspecified atom stereocenters. The van der Waals surface area contributed by atoms with Crippen molar-refractivity contribution in [2.75, 3.05) is 11.8 Å². The van der Waals surface area contributed by atoms with Crippen LogP contribution in [-0.4, -0.2) is 31.3 Å². The number of nitrogens with one attached hydrogen (secondary N) is 1. The van der Waals surface area contributed by atoms with Crippen LogP contribution >= 0.6 is 0 Å². The Labute approximate surface area is 135 Å². The summed E-state index contributed by atoms with van der Waals surface area (Å²) >= 11 is 0. The van der Waals surface area contributed by atoms with Crippen molar-refractivity contribution < 1.29 is 17.9 Å². The van der Waals surface area contributed by atoms with Gasteiger partial charge in [0.05, 0.1) is 29.7 Å². The standard InChI is InChI=1S/C15H19N3O4S/c1-9-7-6-8-12(13(9)15(19)22-5)17-23(20,21)14-10(2)16-18(4)11(14)3/h6-8,17H,1-5H3. The summed E-state index contributed by atoms with van der Waals surface area (Å²) in [4.78, 5) is 12.1. The summed E-state index contributed by atoms with van der Waals surface area (Å²) in [6.07, 6.45) is 0. The van der Waals surface area contributed by atoms with Gasteiger partial charge in [0.1, 0.15) is 4.90 Å². The molecule has 1 aromatic heterocycles. The molecule has 7 nitrogen and oxygen atoms in total. The third kappa shape index (κ3) is 3.07. The van der Waals surface area contributed by atoms with Crippen LogP contribution in [0.15, 0.2) is 23.1 Å². The van der Waals surface area contributed by atoms with Gasteiger partial charge in [0.25, 0.3) is 10.0 Å². The van der Waals surface area contributed by atoms with Crippen molar-refractivity contribution in [2.45, 2.75) is 25.7 Å². The van der Waals surface area contributed by atoms with Gasteiger partial charge < -0.3 is 4.74 Å². The van der Waals surface area contributed by atoms with Crippen molar-refractivity contribution >= 4 is 21.7 Å². The first-order valence-electron chi connectivity index (χ1n) is 6.90. The van der Waals surface area contributed by atoms with Crippen LogP contribution in [0.4, 0.5) is 5.69 Å². The van der Waals surface area contributed by atoms with Gasteiger partial charge in [-0.3, -0.25) is 9.40 Å². The molecule has 23 heavy (non-hydrogen) atoms. The van der Waals surface area contributed by atoms with Crippen molar-refractivity contribution in [3.63, 3.8) is 0 Å². The van der Waals surface area contributed by atoms with E-state index in [9.17, 15) is 13.2 Å². The van der Waals surface area contributed by atoms with Crippen LogP contribution in [-0.2, 0) is 21.8 Å². The van der Waals surface area contributed by atoms with Crippen molar-refractivity contribution in [3.8, 4) is 0 Å². The van der Waals surface area contributed by atoms with Gasteiger partial charge in [-0.25, -0.2) is 13.2 Å². The fourth-order valence-corrected chi connectivity index (χ4v) is 3.98. The first-order valence-corrected chi connectivity index (χ1v) is 8.38. The van der Waals surface area contributed by atoms with E-state index < -0.39 is 16.0 Å². The van der Waals surface area contributed by atoms with Gasteiger partial charge in [-0.05, 0) is 32.4 Å². The molecule has 0 aliphatic carbocycles. The number of methoxy groups -OCH3 is 1. The number of aromatic nitrogens is 2. The zero-order valence-corrected chi connectivity index (χ0v) is 14.5. The van der Waals surface area contributed by atoms with E-state index in [0.29, 0.717) is 17.0 Å². The smallest absolute Gasteiger partial charge is 0.340 e. The Morgan fingerprint density at radius 1 is 1.26 bits per heavy atom. The number of carbonyl (C=O) groups is 1. The fraction of sp³-hybridized carbons (Fsp3) is 0.333. The Morgan fingerprint density at radius 3 is 2.43 bits per heavy atom. The molecule has 0 saturated carbocycles. The predicted molar refractivity (Wildman–Crippen MR) is 86.0 cm³/mol. The third-order valence-electron chi connectivity index (χ3n) is 3.62. The third-order valence-corrected chi connectivity index (χ3v) is 5.23. The van der Waals surface area contributed by atoms with E-state index in [1.54, 1.807) is 40.0 Å². The Balaban J connectivity index is 2.55. The Morgan fingerprint density at radius 2 is 1.91 bits per heavy atom. The minimum absolute atomic E-state index is 0.109. The lowest BCUT2D eigenvalue weighted by Crippen LogP contribution is -2.18. The fourth-order valence-electron chi connectivity index (χ4n) is 2.46. The van der Waals surface area contributed by atoms with Crippen molar-refractivity contribution in [3.05, 3.63) is 40.7 Å². The molecule has 0 aliphatic rings. The quantitative estimate of drug-likeness (QED) is 0.861. The molecule has 1 N–H and O–H groups in total. The number of aryl methyl sites for hydroxylation is 3. The highest BCUT2D eigenvalue weighted by molar-refractivity contribution is 7.92. The van der Waals surface area contributed by atoms with E-state index in [0.717, 1.165) is 0 Å². The van der Waals surface area contributed by atoms with Gasteiger partial charge in [-0.15, -0.1) is 0 Å². The Bertz CT molecular complexity index is 869. The second-order valence-corrected chi connectivity index (χ2v) is 6.84. The molecule has 1 heterocycles. The molecule has 0 saturated heterocycles. The second-order valence-electron chi connectivity index (χ2n) is 5.22. The van der Waals surface area contributed by atoms with Crippen LogP contribution in [0.25, 0.3) is 0 Å². The number of hydrogen-bond donors (Lipinski definition) is 1. The maximum atomic E-state index is 12.7. The Kier molecular flexibility index (Phi) is 4.46. The number of anilines is 1. The van der Waals surface area contributed by atoms with E-state index in [-0.39, 0.29) is 16.1 Å². The molecule has 1 aromatic carbocycles. The average molecular weight is 337 g/mol. The molecular formula is C15H19N3O4S. The van der Waals surface area contributed by atoms with Gasteiger partial charge in [0.2, 0.25) is 0 Å². The molecule has 0 spiro atoms. The van der Waals surface area contributed by atoms with Crippen molar-refractivity contribution in [1.82, 2.24) is 9.78 Å². The van der Waals surface area contributed by atoms with Crippen LogP contribution in [0.1, 0.15) is 27.3 Å². The molecule has 2 aromatic rings. The zero-order valence-electron chi connectivity index (χ0n) is 13.7. The highest BCUT2D eigenvalue weighted by atomic mass is 32.2. The summed E-state index contributed by atoms with van der Waals surface area (Å²) in [7, 11) is -0.949. The molecule has 124 valence electrons. The largest absolute Gasteiger partial charge is 0.465 e. The number of esters is 1. The molecule has 0 fully saturated rings. The lowest BCUT2D eigenvalue weighted by molar-refractivity contribution is 0.0601. The topological polar surface area (TPSA) is 90.3 Å². The minimum Gasteiger partial charge on any atom is -0.465 e. The summed E-state index contributed by atoms with van der Waals surface area (Å²) < 4.78 is 34.1. The first kappa shape index (κ1) is 17.0. The zero-order chi connectivity index (χ0) is 17.4. The van der Waals surface area contributed by atoms with Gasteiger partial charge in [-0.1, -0.05) is 12.1 Å². The van der Waals surface area contributed by atoms with Gasteiger partial charge in [0, 0.05) is 7.05 Å². The maximum Gasteiger partial charge on any atom is 0.340 e. The molecule has 0 bridgehead atoms. The molecule has 0 aliphatic heterocycles. The Hall–Kier alpha value is -2.35. The van der Waals surface area contributed by atoms with Crippen molar-refractivity contribution in [1.29, 1.82) is 0 Å². The number of rotatable bonds is 4. The van der Waals surface area contributed by atoms with Crippen LogP contribution < -0.4 is 4.72 Å². The van der Waals surface area contributed by atoms with Crippen LogP contribution in [0.3, 0.4) is 0 Å². The van der Waals surface area contributed by atoms with E-state index in [1.165, 1.54) is 17.9 Å². The highest BCUT2D eigenvalue weighted by Gasteiger charge is 2.26. The predicted octanol–water partition coefficient (Wildman–Crippen LogP) is 1.93. The molecule has 8 heteroatoms. The van der Waals surface area contributed by atoms with Crippen LogP contribution in [0, 0.1) is 20.8 Å². The molecule has 0 atom stereocenters. The van der Waals surface area contributed by atoms with E-state index in [1.807, 2.05) is 0 Å². The van der Waals surface area contributed by atoms with E-state index in [2.05, 4.69) is 9.82 Å². The summed E-state index contributed by atoms with van der Waals surface area (Å²) in [5.74, 6) is -0.597. The number of ether oxygens (including phenoxy) is 1. The van der Waals surface area contributed by atoms with Crippen LogP contribution in [0.2, 0.25) is 0 Å². The SMILES string of the molecule is COC(=O)c1c(C)cccc1NS(=O)(=O)c1c(C)nn(C)c1C. The lowest BCUT2D eigenvalue weighted by Gasteiger charge is -2.13. The number of benzene rings is 1. The van der Waals surface area contributed by atoms with Crippen LogP contribution in [0.5, 0.6) is 0 Å². The normalized spacial score (nSPS) is 11.3. The molecule has 2 rings (SSSR count). The second kappa shape index (κ2) is 6.04. The lowest BCUT2D eigenvalue weighted by atomic mass is 10.1. The summed E-state index contributed by atoms with van der Waals surface area (Å²) in [6, 6.07) is 4.91.